The average Bonchev–Trinajstić information content (AvgIpc) is 3.06. The third kappa shape index (κ3) is 5.76. The Kier molecular flexibility index (Phi) is 7.85. The maximum atomic E-state index is 12.9. The van der Waals surface area contributed by atoms with Crippen molar-refractivity contribution in [1.82, 2.24) is 4.90 Å². The first-order valence-corrected chi connectivity index (χ1v) is 12.7. The second-order valence-corrected chi connectivity index (χ2v) is 10.3. The number of rotatable bonds is 7. The summed E-state index contributed by atoms with van der Waals surface area (Å²) in [5, 5.41) is 0.394. The fourth-order valence-electron chi connectivity index (χ4n) is 3.48. The van der Waals surface area contributed by atoms with E-state index in [9.17, 15) is 9.59 Å². The van der Waals surface area contributed by atoms with E-state index < -0.39 is 0 Å². The van der Waals surface area contributed by atoms with Gasteiger partial charge < -0.3 is 9.47 Å². The number of amides is 2. The smallest absolute Gasteiger partial charge is 0.293 e. The van der Waals surface area contributed by atoms with Crippen molar-refractivity contribution in [3.8, 4) is 11.5 Å². The molecule has 34 heavy (non-hydrogen) atoms. The largest absolute Gasteiger partial charge is 0.493 e. The molecule has 0 spiro atoms. The number of aryl methyl sites for hydroxylation is 1. The molecule has 3 aromatic carbocycles. The number of carbonyl (C=O) groups is 2. The molecule has 1 heterocycles. The van der Waals surface area contributed by atoms with Crippen LogP contribution >= 0.6 is 46.0 Å². The van der Waals surface area contributed by atoms with Crippen molar-refractivity contribution in [2.75, 3.05) is 7.11 Å². The number of benzene rings is 3. The molecule has 0 N–H and O–H groups in total. The Morgan fingerprint density at radius 2 is 1.82 bits per heavy atom. The van der Waals surface area contributed by atoms with Crippen LogP contribution in [0.15, 0.2) is 65.6 Å². The van der Waals surface area contributed by atoms with Crippen LogP contribution in [0, 0.1) is 10.5 Å². The third-order valence-electron chi connectivity index (χ3n) is 5.14. The quantitative estimate of drug-likeness (QED) is 0.213. The zero-order valence-electron chi connectivity index (χ0n) is 18.5. The number of imide groups is 1. The molecular formula is C26H21ClINO4S. The van der Waals surface area contributed by atoms with Gasteiger partial charge in [0.05, 0.1) is 22.1 Å². The SMILES string of the molecule is COc1cc(/C=C2\SC(=O)N(Cc3cccc(C)c3)C2=O)cc(I)c1OCc1ccc(Cl)cc1. The van der Waals surface area contributed by atoms with E-state index in [0.717, 1.165) is 37.6 Å². The summed E-state index contributed by atoms with van der Waals surface area (Å²) in [4.78, 5) is 27.1. The van der Waals surface area contributed by atoms with Gasteiger partial charge in [-0.25, -0.2) is 0 Å². The first-order valence-electron chi connectivity index (χ1n) is 10.4. The van der Waals surface area contributed by atoms with Crippen LogP contribution < -0.4 is 9.47 Å². The molecule has 1 fully saturated rings. The molecule has 8 heteroatoms. The Bertz CT molecular complexity index is 1280. The highest BCUT2D eigenvalue weighted by atomic mass is 127. The number of thioether (sulfide) groups is 1. The molecule has 1 aliphatic rings. The second-order valence-electron chi connectivity index (χ2n) is 7.71. The highest BCUT2D eigenvalue weighted by Crippen LogP contribution is 2.38. The summed E-state index contributed by atoms with van der Waals surface area (Å²) in [6, 6.07) is 18.9. The molecule has 0 aromatic heterocycles. The van der Waals surface area contributed by atoms with Crippen LogP contribution in [-0.2, 0) is 17.9 Å². The first-order chi connectivity index (χ1) is 16.3. The second kappa shape index (κ2) is 10.8. The lowest BCUT2D eigenvalue weighted by Gasteiger charge is -2.14. The molecule has 0 unspecified atom stereocenters. The molecule has 5 nitrogen and oxygen atoms in total. The Balaban J connectivity index is 1.53. The van der Waals surface area contributed by atoms with Crippen LogP contribution in [0.3, 0.4) is 0 Å². The fraction of sp³-hybridized carbons (Fsp3) is 0.154. The molecule has 1 aliphatic heterocycles. The van der Waals surface area contributed by atoms with Crippen molar-refractivity contribution in [2.24, 2.45) is 0 Å². The van der Waals surface area contributed by atoms with Crippen molar-refractivity contribution in [2.45, 2.75) is 20.1 Å². The maximum Gasteiger partial charge on any atom is 0.293 e. The minimum absolute atomic E-state index is 0.252. The topological polar surface area (TPSA) is 55.8 Å². The summed E-state index contributed by atoms with van der Waals surface area (Å²) >= 11 is 9.07. The third-order valence-corrected chi connectivity index (χ3v) is 7.10. The predicted molar refractivity (Wildman–Crippen MR) is 144 cm³/mol. The van der Waals surface area contributed by atoms with Crippen LogP contribution in [0.2, 0.25) is 5.02 Å². The zero-order valence-corrected chi connectivity index (χ0v) is 22.2. The summed E-state index contributed by atoms with van der Waals surface area (Å²) < 4.78 is 12.4. The minimum atomic E-state index is -0.298. The van der Waals surface area contributed by atoms with Crippen molar-refractivity contribution < 1.29 is 19.1 Å². The molecule has 0 saturated carbocycles. The van der Waals surface area contributed by atoms with Gasteiger partial charge in [0.15, 0.2) is 11.5 Å². The molecule has 2 amide bonds. The highest BCUT2D eigenvalue weighted by molar-refractivity contribution is 14.1. The van der Waals surface area contributed by atoms with Crippen molar-refractivity contribution in [3.63, 3.8) is 0 Å². The van der Waals surface area contributed by atoms with E-state index in [1.54, 1.807) is 19.3 Å². The summed E-state index contributed by atoms with van der Waals surface area (Å²) in [6.07, 6.45) is 1.72. The van der Waals surface area contributed by atoms with E-state index in [0.29, 0.717) is 28.0 Å². The van der Waals surface area contributed by atoms with E-state index in [4.69, 9.17) is 21.1 Å². The zero-order chi connectivity index (χ0) is 24.2. The maximum absolute atomic E-state index is 12.9. The monoisotopic (exact) mass is 605 g/mol. The molecule has 174 valence electrons. The van der Waals surface area contributed by atoms with Crippen LogP contribution in [0.4, 0.5) is 4.79 Å². The van der Waals surface area contributed by atoms with Gasteiger partial charge in [-0.05, 0) is 88.3 Å². The molecule has 0 atom stereocenters. The van der Waals surface area contributed by atoms with Gasteiger partial charge in [0.2, 0.25) is 0 Å². The number of halogens is 2. The summed E-state index contributed by atoms with van der Waals surface area (Å²) in [7, 11) is 1.57. The van der Waals surface area contributed by atoms with E-state index in [-0.39, 0.29) is 17.7 Å². The number of ether oxygens (including phenoxy) is 2. The van der Waals surface area contributed by atoms with Crippen molar-refractivity contribution in [1.29, 1.82) is 0 Å². The van der Waals surface area contributed by atoms with E-state index >= 15 is 0 Å². The summed E-state index contributed by atoms with van der Waals surface area (Å²) in [6.45, 7) is 2.60. The number of nitrogens with zero attached hydrogens (tertiary/aromatic N) is 1. The molecule has 0 aliphatic carbocycles. The Morgan fingerprint density at radius 1 is 1.06 bits per heavy atom. The van der Waals surface area contributed by atoms with Crippen LogP contribution in [0.25, 0.3) is 6.08 Å². The van der Waals surface area contributed by atoms with Gasteiger partial charge in [-0.3, -0.25) is 14.5 Å². The molecule has 4 rings (SSSR count). The van der Waals surface area contributed by atoms with Crippen LogP contribution in [0.1, 0.15) is 22.3 Å². The van der Waals surface area contributed by atoms with Gasteiger partial charge in [-0.1, -0.05) is 53.6 Å². The van der Waals surface area contributed by atoms with Gasteiger partial charge in [-0.15, -0.1) is 0 Å². The van der Waals surface area contributed by atoms with Crippen LogP contribution in [-0.4, -0.2) is 23.2 Å². The van der Waals surface area contributed by atoms with Gasteiger partial charge in [-0.2, -0.15) is 0 Å². The summed E-state index contributed by atoms with van der Waals surface area (Å²) in [5.41, 5.74) is 3.73. The van der Waals surface area contributed by atoms with E-state index in [1.807, 2.05) is 61.5 Å². The minimum Gasteiger partial charge on any atom is -0.493 e. The molecule has 0 bridgehead atoms. The molecule has 0 radical (unpaired) electrons. The first kappa shape index (κ1) is 24.6. The Hall–Kier alpha value is -2.49. The lowest BCUT2D eigenvalue weighted by atomic mass is 10.1. The van der Waals surface area contributed by atoms with Crippen LogP contribution in [0.5, 0.6) is 11.5 Å². The lowest BCUT2D eigenvalue weighted by Crippen LogP contribution is -2.27. The van der Waals surface area contributed by atoms with Gasteiger partial charge >= 0.3 is 0 Å². The highest BCUT2D eigenvalue weighted by Gasteiger charge is 2.35. The Morgan fingerprint density at radius 3 is 2.53 bits per heavy atom. The lowest BCUT2D eigenvalue weighted by molar-refractivity contribution is -0.123. The number of carbonyl (C=O) groups excluding carboxylic acids is 2. The van der Waals surface area contributed by atoms with Gasteiger partial charge in [0.25, 0.3) is 11.1 Å². The standard InChI is InChI=1S/C26H21ClINO4S/c1-16-4-3-5-18(10-16)14-29-25(30)23(34-26(29)31)13-19-11-21(28)24(22(12-19)32-2)33-15-17-6-8-20(27)9-7-17/h3-13H,14-15H2,1-2H3/b23-13-. The number of hydrogen-bond acceptors (Lipinski definition) is 5. The number of methoxy groups -OCH3 is 1. The molecule has 3 aromatic rings. The average molecular weight is 606 g/mol. The fourth-order valence-corrected chi connectivity index (χ4v) is 5.23. The van der Waals surface area contributed by atoms with Crippen molar-refractivity contribution in [3.05, 3.63) is 96.4 Å². The molecular weight excluding hydrogens is 585 g/mol. The Labute approximate surface area is 221 Å². The summed E-state index contributed by atoms with van der Waals surface area (Å²) in [5.74, 6) is 0.863. The van der Waals surface area contributed by atoms with E-state index in [2.05, 4.69) is 22.6 Å². The number of hydrogen-bond donors (Lipinski definition) is 0. The van der Waals surface area contributed by atoms with Crippen molar-refractivity contribution >= 4 is 63.2 Å². The van der Waals surface area contributed by atoms with E-state index in [1.165, 1.54) is 4.90 Å². The predicted octanol–water partition coefficient (Wildman–Crippen LogP) is 7.08. The normalized spacial score (nSPS) is 14.7. The van der Waals surface area contributed by atoms with Gasteiger partial charge in [0.1, 0.15) is 6.61 Å². The van der Waals surface area contributed by atoms with Gasteiger partial charge in [0, 0.05) is 5.02 Å². The molecule has 1 saturated heterocycles.